The SMILES string of the molecule is CCOc1c(Br)cc(CNCCCCCCSC)cc1Br. The molecule has 21 heavy (non-hydrogen) atoms. The molecule has 0 atom stereocenters. The van der Waals surface area contributed by atoms with Gasteiger partial charge in [0.2, 0.25) is 0 Å². The standard InChI is InChI=1S/C16H25Br2NOS/c1-3-20-16-14(17)10-13(11-15(16)18)12-19-8-6-4-5-7-9-21-2/h10-11,19H,3-9,12H2,1-2H3. The Morgan fingerprint density at radius 1 is 1.10 bits per heavy atom. The third kappa shape index (κ3) is 7.91. The Hall–Kier alpha value is 0.290. The van der Waals surface area contributed by atoms with Crippen molar-refractivity contribution in [2.24, 2.45) is 0 Å². The number of unbranched alkanes of at least 4 members (excludes halogenated alkanes) is 3. The van der Waals surface area contributed by atoms with Crippen molar-refractivity contribution in [3.63, 3.8) is 0 Å². The molecular weight excluding hydrogens is 414 g/mol. The van der Waals surface area contributed by atoms with Crippen LogP contribution < -0.4 is 10.1 Å². The van der Waals surface area contributed by atoms with Crippen LogP contribution in [0.5, 0.6) is 5.75 Å². The highest BCUT2D eigenvalue weighted by atomic mass is 79.9. The topological polar surface area (TPSA) is 21.3 Å². The van der Waals surface area contributed by atoms with Gasteiger partial charge in [-0.05, 0) is 87.9 Å². The number of nitrogens with one attached hydrogen (secondary N) is 1. The molecule has 5 heteroatoms. The number of thioether (sulfide) groups is 1. The number of hydrogen-bond donors (Lipinski definition) is 1. The van der Waals surface area contributed by atoms with Crippen LogP contribution >= 0.6 is 43.6 Å². The molecule has 0 unspecified atom stereocenters. The van der Waals surface area contributed by atoms with Gasteiger partial charge in [0.15, 0.2) is 0 Å². The lowest BCUT2D eigenvalue weighted by Gasteiger charge is -2.11. The molecule has 0 aliphatic carbocycles. The lowest BCUT2D eigenvalue weighted by atomic mass is 10.2. The van der Waals surface area contributed by atoms with Gasteiger partial charge in [-0.2, -0.15) is 11.8 Å². The van der Waals surface area contributed by atoms with Crippen molar-refractivity contribution >= 4 is 43.6 Å². The summed E-state index contributed by atoms with van der Waals surface area (Å²) in [4.78, 5) is 0. The van der Waals surface area contributed by atoms with Crippen LogP contribution in [0.3, 0.4) is 0 Å². The summed E-state index contributed by atoms with van der Waals surface area (Å²) in [7, 11) is 0. The van der Waals surface area contributed by atoms with Crippen LogP contribution in [-0.2, 0) is 6.54 Å². The zero-order valence-electron chi connectivity index (χ0n) is 12.9. The maximum atomic E-state index is 5.60. The summed E-state index contributed by atoms with van der Waals surface area (Å²) in [5, 5.41) is 3.51. The molecular formula is C16H25Br2NOS. The molecule has 1 aromatic carbocycles. The molecule has 0 saturated carbocycles. The zero-order valence-corrected chi connectivity index (χ0v) is 16.9. The van der Waals surface area contributed by atoms with Gasteiger partial charge in [0.25, 0.3) is 0 Å². The Kier molecular flexibility index (Phi) is 10.9. The van der Waals surface area contributed by atoms with E-state index >= 15 is 0 Å². The first-order valence-electron chi connectivity index (χ1n) is 7.49. The van der Waals surface area contributed by atoms with E-state index in [1.165, 1.54) is 37.0 Å². The summed E-state index contributed by atoms with van der Waals surface area (Å²) in [6, 6.07) is 4.25. The number of benzene rings is 1. The van der Waals surface area contributed by atoms with E-state index in [-0.39, 0.29) is 0 Å². The average Bonchev–Trinajstić information content (AvgIpc) is 2.46. The van der Waals surface area contributed by atoms with Crippen LogP contribution in [0.1, 0.15) is 38.2 Å². The summed E-state index contributed by atoms with van der Waals surface area (Å²) < 4.78 is 7.61. The molecule has 1 rings (SSSR count). The molecule has 1 aromatic rings. The highest BCUT2D eigenvalue weighted by Crippen LogP contribution is 2.34. The van der Waals surface area contributed by atoms with Crippen molar-refractivity contribution < 1.29 is 4.74 Å². The molecule has 0 bridgehead atoms. The molecule has 0 aliphatic heterocycles. The Balaban J connectivity index is 2.26. The largest absolute Gasteiger partial charge is 0.492 e. The molecule has 0 saturated heterocycles. The Labute approximate surface area is 150 Å². The molecule has 0 aliphatic rings. The fourth-order valence-electron chi connectivity index (χ4n) is 2.08. The Morgan fingerprint density at radius 3 is 2.38 bits per heavy atom. The fraction of sp³-hybridized carbons (Fsp3) is 0.625. The third-order valence-electron chi connectivity index (χ3n) is 3.13. The summed E-state index contributed by atoms with van der Waals surface area (Å²) >= 11 is 9.08. The van der Waals surface area contributed by atoms with Gasteiger partial charge in [0, 0.05) is 6.54 Å². The van der Waals surface area contributed by atoms with Gasteiger partial charge in [-0.25, -0.2) is 0 Å². The van der Waals surface area contributed by atoms with Gasteiger partial charge in [-0.1, -0.05) is 12.8 Å². The number of hydrogen-bond acceptors (Lipinski definition) is 3. The molecule has 1 N–H and O–H groups in total. The summed E-state index contributed by atoms with van der Waals surface area (Å²) in [5.41, 5.74) is 1.26. The quantitative estimate of drug-likeness (QED) is 0.452. The summed E-state index contributed by atoms with van der Waals surface area (Å²) in [6.07, 6.45) is 7.45. The average molecular weight is 439 g/mol. The predicted octanol–water partition coefficient (Wildman–Crippen LogP) is 5.62. The molecule has 0 aromatic heterocycles. The minimum Gasteiger partial charge on any atom is -0.492 e. The molecule has 0 heterocycles. The fourth-order valence-corrected chi connectivity index (χ4v) is 4.08. The number of ether oxygens (including phenoxy) is 1. The van der Waals surface area contributed by atoms with Crippen molar-refractivity contribution in [3.05, 3.63) is 26.6 Å². The number of rotatable bonds is 11. The van der Waals surface area contributed by atoms with Gasteiger partial charge >= 0.3 is 0 Å². The minimum atomic E-state index is 0.672. The van der Waals surface area contributed by atoms with Gasteiger partial charge in [0.05, 0.1) is 15.6 Å². The molecule has 0 radical (unpaired) electrons. The van der Waals surface area contributed by atoms with Crippen LogP contribution in [0.15, 0.2) is 21.1 Å². The van der Waals surface area contributed by atoms with Gasteiger partial charge in [0.1, 0.15) is 5.75 Å². The van der Waals surface area contributed by atoms with Crippen molar-refractivity contribution in [2.75, 3.05) is 25.2 Å². The van der Waals surface area contributed by atoms with E-state index in [9.17, 15) is 0 Å². The normalized spacial score (nSPS) is 10.9. The second kappa shape index (κ2) is 11.8. The predicted molar refractivity (Wildman–Crippen MR) is 102 cm³/mol. The first kappa shape index (κ1) is 19.3. The van der Waals surface area contributed by atoms with E-state index in [1.807, 2.05) is 18.7 Å². The van der Waals surface area contributed by atoms with Crippen molar-refractivity contribution in [3.8, 4) is 5.75 Å². The monoisotopic (exact) mass is 437 g/mol. The smallest absolute Gasteiger partial charge is 0.147 e. The Bertz CT molecular complexity index is 392. The first-order chi connectivity index (χ1) is 10.2. The lowest BCUT2D eigenvalue weighted by Crippen LogP contribution is -2.14. The summed E-state index contributed by atoms with van der Waals surface area (Å²) in [5.74, 6) is 2.18. The van der Waals surface area contributed by atoms with Crippen LogP contribution in [0.4, 0.5) is 0 Å². The minimum absolute atomic E-state index is 0.672. The molecule has 0 amide bonds. The van der Waals surface area contributed by atoms with Crippen molar-refractivity contribution in [2.45, 2.75) is 39.2 Å². The highest BCUT2D eigenvalue weighted by Gasteiger charge is 2.08. The van der Waals surface area contributed by atoms with E-state index in [0.717, 1.165) is 27.8 Å². The Morgan fingerprint density at radius 2 is 1.76 bits per heavy atom. The maximum absolute atomic E-state index is 5.60. The van der Waals surface area contributed by atoms with Crippen molar-refractivity contribution in [1.29, 1.82) is 0 Å². The third-order valence-corrected chi connectivity index (χ3v) is 5.00. The van der Waals surface area contributed by atoms with E-state index in [4.69, 9.17) is 4.74 Å². The van der Waals surface area contributed by atoms with Crippen LogP contribution in [0.2, 0.25) is 0 Å². The maximum Gasteiger partial charge on any atom is 0.147 e. The molecule has 0 spiro atoms. The van der Waals surface area contributed by atoms with E-state index in [0.29, 0.717) is 6.61 Å². The number of halogens is 2. The van der Waals surface area contributed by atoms with Crippen LogP contribution in [0, 0.1) is 0 Å². The highest BCUT2D eigenvalue weighted by molar-refractivity contribution is 9.11. The van der Waals surface area contributed by atoms with E-state index < -0.39 is 0 Å². The van der Waals surface area contributed by atoms with Crippen LogP contribution in [0.25, 0.3) is 0 Å². The summed E-state index contributed by atoms with van der Waals surface area (Å²) in [6.45, 7) is 4.65. The zero-order chi connectivity index (χ0) is 15.5. The second-order valence-electron chi connectivity index (χ2n) is 4.91. The van der Waals surface area contributed by atoms with Gasteiger partial charge in [-0.15, -0.1) is 0 Å². The first-order valence-corrected chi connectivity index (χ1v) is 10.5. The molecule has 2 nitrogen and oxygen atoms in total. The van der Waals surface area contributed by atoms with E-state index in [2.05, 4.69) is 55.6 Å². The van der Waals surface area contributed by atoms with Gasteiger partial charge < -0.3 is 10.1 Å². The molecule has 120 valence electrons. The van der Waals surface area contributed by atoms with Gasteiger partial charge in [-0.3, -0.25) is 0 Å². The second-order valence-corrected chi connectivity index (χ2v) is 7.60. The lowest BCUT2D eigenvalue weighted by molar-refractivity contribution is 0.336. The van der Waals surface area contributed by atoms with Crippen molar-refractivity contribution in [1.82, 2.24) is 5.32 Å². The molecule has 0 fully saturated rings. The van der Waals surface area contributed by atoms with Crippen LogP contribution in [-0.4, -0.2) is 25.2 Å². The van der Waals surface area contributed by atoms with E-state index in [1.54, 1.807) is 0 Å².